The maximum atomic E-state index is 11.7. The van der Waals surface area contributed by atoms with Crippen molar-refractivity contribution in [3.8, 4) is 0 Å². The Morgan fingerprint density at radius 2 is 1.16 bits per heavy atom. The highest BCUT2D eigenvalue weighted by Gasteiger charge is 2.18. The van der Waals surface area contributed by atoms with E-state index in [1.165, 1.54) is 38.5 Å². The van der Waals surface area contributed by atoms with E-state index >= 15 is 0 Å². The lowest BCUT2D eigenvalue weighted by Gasteiger charge is -2.29. The van der Waals surface area contributed by atoms with Gasteiger partial charge in [-0.3, -0.25) is 0 Å². The normalized spacial score (nSPS) is 20.6. The Labute approximate surface area is 117 Å². The minimum absolute atomic E-state index is 0.333. The number of hydrogen-bond donors (Lipinski definition) is 0. The van der Waals surface area contributed by atoms with Gasteiger partial charge in [0.25, 0.3) is 0 Å². The second kappa shape index (κ2) is 5.86. The van der Waals surface area contributed by atoms with Gasteiger partial charge in [-0.25, -0.2) is 4.79 Å². The Bertz CT molecular complexity index is 439. The summed E-state index contributed by atoms with van der Waals surface area (Å²) < 4.78 is 0. The van der Waals surface area contributed by atoms with Gasteiger partial charge in [0.15, 0.2) is 10.3 Å². The quantitative estimate of drug-likeness (QED) is 0.828. The van der Waals surface area contributed by atoms with E-state index in [0.717, 1.165) is 36.4 Å². The molecule has 2 fully saturated rings. The van der Waals surface area contributed by atoms with Crippen molar-refractivity contribution in [3.05, 3.63) is 10.5 Å². The molecule has 5 nitrogen and oxygen atoms in total. The zero-order valence-electron chi connectivity index (χ0n) is 11.2. The van der Waals surface area contributed by atoms with Gasteiger partial charge in [0.1, 0.15) is 0 Å². The summed E-state index contributed by atoms with van der Waals surface area (Å²) in [5, 5.41) is 1.72. The second-order valence-corrected chi connectivity index (χ2v) is 6.20. The van der Waals surface area contributed by atoms with Crippen LogP contribution in [0.15, 0.2) is 4.79 Å². The molecule has 0 atom stereocenters. The predicted molar refractivity (Wildman–Crippen MR) is 78.3 cm³/mol. The fourth-order valence-electron chi connectivity index (χ4n) is 2.76. The highest BCUT2D eigenvalue weighted by Crippen LogP contribution is 2.28. The summed E-state index contributed by atoms with van der Waals surface area (Å²) in [5.74, 6) is 0. The maximum absolute atomic E-state index is 11.7. The van der Waals surface area contributed by atoms with Crippen molar-refractivity contribution < 1.29 is 0 Å². The number of nitrogens with zero attached hydrogens (tertiary/aromatic N) is 4. The molecule has 0 N–H and O–H groups in total. The van der Waals surface area contributed by atoms with Crippen molar-refractivity contribution in [2.24, 2.45) is 0 Å². The molecule has 3 heterocycles. The molecule has 19 heavy (non-hydrogen) atoms. The molecular weight excluding hydrogens is 260 g/mol. The molecule has 0 radical (unpaired) electrons. The van der Waals surface area contributed by atoms with Crippen LogP contribution in [-0.2, 0) is 0 Å². The van der Waals surface area contributed by atoms with Crippen LogP contribution in [0.3, 0.4) is 0 Å². The Morgan fingerprint density at radius 3 is 1.58 bits per heavy atom. The van der Waals surface area contributed by atoms with Crippen LogP contribution in [-0.4, -0.2) is 36.1 Å². The lowest BCUT2D eigenvalue weighted by Crippen LogP contribution is -2.34. The molecule has 1 aromatic heterocycles. The molecule has 6 heteroatoms. The van der Waals surface area contributed by atoms with Crippen LogP contribution in [0, 0.1) is 0 Å². The van der Waals surface area contributed by atoms with E-state index in [0.29, 0.717) is 0 Å². The summed E-state index contributed by atoms with van der Waals surface area (Å²) in [4.78, 5) is 24.4. The fourth-order valence-corrected chi connectivity index (χ4v) is 3.79. The molecule has 2 aliphatic rings. The highest BCUT2D eigenvalue weighted by atomic mass is 32.1. The fraction of sp³-hybridized carbons (Fsp3) is 0.769. The van der Waals surface area contributed by atoms with Crippen LogP contribution >= 0.6 is 11.3 Å². The lowest BCUT2D eigenvalue weighted by molar-refractivity contribution is 0.572. The zero-order valence-corrected chi connectivity index (χ0v) is 12.0. The van der Waals surface area contributed by atoms with Gasteiger partial charge in [0, 0.05) is 26.2 Å². The molecule has 0 saturated carbocycles. The molecule has 2 saturated heterocycles. The summed E-state index contributed by atoms with van der Waals surface area (Å²) in [6, 6.07) is 0. The van der Waals surface area contributed by atoms with Crippen LogP contribution in [0.1, 0.15) is 38.5 Å². The summed E-state index contributed by atoms with van der Waals surface area (Å²) in [5.41, 5.74) is -0.333. The first-order valence-corrected chi connectivity index (χ1v) is 8.04. The number of rotatable bonds is 2. The summed E-state index contributed by atoms with van der Waals surface area (Å²) >= 11 is 1.58. The van der Waals surface area contributed by atoms with Crippen LogP contribution in [0.25, 0.3) is 0 Å². The first-order chi connectivity index (χ1) is 9.33. The first-order valence-electron chi connectivity index (χ1n) is 7.22. The van der Waals surface area contributed by atoms with Crippen molar-refractivity contribution in [2.45, 2.75) is 38.5 Å². The van der Waals surface area contributed by atoms with Crippen LogP contribution in [0.4, 0.5) is 10.3 Å². The van der Waals surface area contributed by atoms with E-state index in [-0.39, 0.29) is 5.69 Å². The van der Waals surface area contributed by atoms with E-state index < -0.39 is 0 Å². The van der Waals surface area contributed by atoms with Crippen molar-refractivity contribution >= 4 is 21.6 Å². The molecule has 104 valence electrons. The molecule has 0 bridgehead atoms. The van der Waals surface area contributed by atoms with Gasteiger partial charge >= 0.3 is 5.69 Å². The third-order valence-corrected chi connectivity index (χ3v) is 4.88. The highest BCUT2D eigenvalue weighted by molar-refractivity contribution is 7.18. The number of anilines is 2. The molecule has 0 unspecified atom stereocenters. The molecule has 3 rings (SSSR count). The van der Waals surface area contributed by atoms with Crippen molar-refractivity contribution in [3.63, 3.8) is 0 Å². The molecule has 0 amide bonds. The minimum Gasteiger partial charge on any atom is -0.348 e. The van der Waals surface area contributed by atoms with Crippen molar-refractivity contribution in [1.29, 1.82) is 0 Å². The van der Waals surface area contributed by atoms with E-state index in [9.17, 15) is 4.79 Å². The van der Waals surface area contributed by atoms with Gasteiger partial charge in [-0.05, 0) is 38.5 Å². The van der Waals surface area contributed by atoms with E-state index in [4.69, 9.17) is 0 Å². The second-order valence-electron chi connectivity index (χ2n) is 5.27. The Hall–Kier alpha value is -1.17. The third-order valence-electron chi connectivity index (χ3n) is 3.82. The van der Waals surface area contributed by atoms with Gasteiger partial charge < -0.3 is 9.80 Å². The van der Waals surface area contributed by atoms with Gasteiger partial charge in [0.05, 0.1) is 0 Å². The molecule has 0 aromatic carbocycles. The summed E-state index contributed by atoms with van der Waals surface area (Å²) in [6.07, 6.45) is 7.37. The smallest absolute Gasteiger partial charge is 0.348 e. The molecular formula is C13H20N4OS. The van der Waals surface area contributed by atoms with Gasteiger partial charge in [-0.15, -0.1) is 0 Å². The molecule has 1 aromatic rings. The molecule has 0 spiro atoms. The molecule has 0 aliphatic carbocycles. The lowest BCUT2D eigenvalue weighted by atomic mass is 10.1. The minimum atomic E-state index is -0.333. The maximum Gasteiger partial charge on any atom is 0.372 e. The number of piperidine rings is 2. The Balaban J connectivity index is 1.84. The Kier molecular flexibility index (Phi) is 3.96. The monoisotopic (exact) mass is 280 g/mol. The number of aromatic nitrogens is 2. The van der Waals surface area contributed by atoms with Crippen molar-refractivity contribution in [2.75, 3.05) is 36.0 Å². The van der Waals surface area contributed by atoms with E-state index in [1.54, 1.807) is 11.3 Å². The third kappa shape index (κ3) is 3.05. The largest absolute Gasteiger partial charge is 0.372 e. The summed E-state index contributed by atoms with van der Waals surface area (Å²) in [7, 11) is 0. The summed E-state index contributed by atoms with van der Waals surface area (Å²) in [6.45, 7) is 4.08. The standard InChI is InChI=1S/C13H20N4OS/c18-11-14-12(16-7-3-1-4-8-16)19-13(15-11)17-9-5-2-6-10-17/h1-10H2. The van der Waals surface area contributed by atoms with E-state index in [1.807, 2.05) is 0 Å². The first kappa shape index (κ1) is 12.8. The number of hydrogen-bond acceptors (Lipinski definition) is 6. The van der Waals surface area contributed by atoms with Crippen molar-refractivity contribution in [1.82, 2.24) is 9.97 Å². The zero-order chi connectivity index (χ0) is 13.1. The predicted octanol–water partition coefficient (Wildman–Crippen LogP) is 1.88. The van der Waals surface area contributed by atoms with Gasteiger partial charge in [-0.2, -0.15) is 9.97 Å². The van der Waals surface area contributed by atoms with Gasteiger partial charge in [0.2, 0.25) is 0 Å². The van der Waals surface area contributed by atoms with E-state index in [2.05, 4.69) is 19.8 Å². The average molecular weight is 280 g/mol. The van der Waals surface area contributed by atoms with Gasteiger partial charge in [-0.1, -0.05) is 11.3 Å². The molecule has 2 aliphatic heterocycles. The van der Waals surface area contributed by atoms with Crippen LogP contribution in [0.2, 0.25) is 0 Å². The Morgan fingerprint density at radius 1 is 0.737 bits per heavy atom. The average Bonchev–Trinajstić information content (AvgIpc) is 2.48. The van der Waals surface area contributed by atoms with Crippen LogP contribution < -0.4 is 15.5 Å². The topological polar surface area (TPSA) is 49.3 Å². The SMILES string of the molecule is O=c1nc(N2CCCCC2)sc(N2CCCCC2)n1. The van der Waals surface area contributed by atoms with Crippen LogP contribution in [0.5, 0.6) is 0 Å².